The van der Waals surface area contributed by atoms with Crippen molar-refractivity contribution in [1.29, 1.82) is 0 Å². The highest BCUT2D eigenvalue weighted by atomic mass is 35.5. The number of alkyl halides is 2. The zero-order valence-electron chi connectivity index (χ0n) is 17.9. The average molecular weight is 453 g/mol. The lowest BCUT2D eigenvalue weighted by Gasteiger charge is -2.19. The van der Waals surface area contributed by atoms with E-state index in [2.05, 4.69) is 23.2 Å². The maximum atomic E-state index is 11.8. The summed E-state index contributed by atoms with van der Waals surface area (Å²) in [6.45, 7) is 10.3. The van der Waals surface area contributed by atoms with Crippen molar-refractivity contribution in [2.45, 2.75) is 40.2 Å². The Labute approximate surface area is 187 Å². The number of hydrogen-bond donors (Lipinski definition) is 1. The van der Waals surface area contributed by atoms with Gasteiger partial charge >= 0.3 is 5.63 Å². The predicted octanol–water partition coefficient (Wildman–Crippen LogP) is 5.11. The fourth-order valence-corrected chi connectivity index (χ4v) is 4.36. The van der Waals surface area contributed by atoms with Gasteiger partial charge in [0.05, 0.1) is 6.54 Å². The second-order valence-electron chi connectivity index (χ2n) is 7.76. The van der Waals surface area contributed by atoms with Crippen LogP contribution in [-0.4, -0.2) is 42.8 Å². The van der Waals surface area contributed by atoms with Crippen LogP contribution < -0.4 is 10.9 Å². The molecule has 2 aromatic heterocycles. The maximum absolute atomic E-state index is 11.8. The minimum atomic E-state index is -0.330. The molecule has 7 heteroatoms. The van der Waals surface area contributed by atoms with E-state index >= 15 is 0 Å². The highest BCUT2D eigenvalue weighted by Gasteiger charge is 2.17. The Hall–Kier alpha value is -1.53. The predicted molar refractivity (Wildman–Crippen MR) is 125 cm³/mol. The first kappa shape index (κ1) is 23.1. The van der Waals surface area contributed by atoms with Crippen molar-refractivity contribution in [3.05, 3.63) is 45.0 Å². The topological polar surface area (TPSA) is 58.6 Å². The summed E-state index contributed by atoms with van der Waals surface area (Å²) >= 11 is 11.7. The lowest BCUT2D eigenvalue weighted by atomic mass is 10.0. The van der Waals surface area contributed by atoms with Gasteiger partial charge in [-0.2, -0.15) is 0 Å². The third-order valence-electron chi connectivity index (χ3n) is 5.63. The highest BCUT2D eigenvalue weighted by Crippen LogP contribution is 2.34. The molecule has 0 aliphatic rings. The zero-order valence-corrected chi connectivity index (χ0v) is 19.5. The molecule has 0 amide bonds. The van der Waals surface area contributed by atoms with Crippen molar-refractivity contribution in [3.63, 3.8) is 0 Å². The standard InChI is InChI=1S/C23H30Cl2N2O3/c1-15-12-21(28)30-22-17(3)23-19(13-18(15)22)16(2)20(29-23)14-26-8-4-5-9-27(10-6-24)11-7-25/h12-13,26H,4-11,14H2,1-3H3. The molecule has 1 aromatic carbocycles. The Morgan fingerprint density at radius 3 is 2.30 bits per heavy atom. The second-order valence-corrected chi connectivity index (χ2v) is 8.51. The molecular weight excluding hydrogens is 423 g/mol. The smallest absolute Gasteiger partial charge is 0.336 e. The molecule has 0 fully saturated rings. The van der Waals surface area contributed by atoms with E-state index in [9.17, 15) is 4.79 Å². The Morgan fingerprint density at radius 1 is 0.900 bits per heavy atom. The monoisotopic (exact) mass is 452 g/mol. The molecule has 0 spiro atoms. The molecule has 1 N–H and O–H groups in total. The van der Waals surface area contributed by atoms with E-state index in [1.807, 2.05) is 13.8 Å². The third kappa shape index (κ3) is 5.20. The fraction of sp³-hybridized carbons (Fsp3) is 0.522. The van der Waals surface area contributed by atoms with Gasteiger partial charge in [0.2, 0.25) is 0 Å². The van der Waals surface area contributed by atoms with E-state index in [0.29, 0.717) is 23.9 Å². The molecule has 3 rings (SSSR count). The number of rotatable bonds is 11. The van der Waals surface area contributed by atoms with Crippen molar-refractivity contribution in [3.8, 4) is 0 Å². The van der Waals surface area contributed by atoms with Crippen molar-refractivity contribution >= 4 is 45.1 Å². The Morgan fingerprint density at radius 2 is 1.60 bits per heavy atom. The molecule has 0 saturated carbocycles. The number of benzene rings is 1. The summed E-state index contributed by atoms with van der Waals surface area (Å²) in [7, 11) is 0. The van der Waals surface area contributed by atoms with Gasteiger partial charge in [-0.25, -0.2) is 4.79 Å². The van der Waals surface area contributed by atoms with Crippen LogP contribution in [0, 0.1) is 20.8 Å². The van der Waals surface area contributed by atoms with Crippen molar-refractivity contribution in [1.82, 2.24) is 10.2 Å². The lowest BCUT2D eigenvalue weighted by Crippen LogP contribution is -2.29. The number of furan rings is 1. The SMILES string of the molecule is Cc1cc(=O)oc2c(C)c3oc(CNCCCCN(CCCl)CCCl)c(C)c3cc12. The summed E-state index contributed by atoms with van der Waals surface area (Å²) < 4.78 is 11.6. The molecule has 0 radical (unpaired) electrons. The number of fused-ring (bicyclic) bond motifs is 2. The number of aryl methyl sites for hydroxylation is 3. The van der Waals surface area contributed by atoms with Crippen LogP contribution >= 0.6 is 23.2 Å². The van der Waals surface area contributed by atoms with Crippen LogP contribution in [0.15, 0.2) is 25.8 Å². The van der Waals surface area contributed by atoms with E-state index in [1.54, 1.807) is 0 Å². The average Bonchev–Trinajstić information content (AvgIpc) is 3.02. The number of nitrogens with one attached hydrogen (secondary N) is 1. The van der Waals surface area contributed by atoms with Gasteiger partial charge < -0.3 is 19.1 Å². The molecule has 164 valence electrons. The van der Waals surface area contributed by atoms with Crippen molar-refractivity contribution in [2.24, 2.45) is 0 Å². The van der Waals surface area contributed by atoms with Crippen LogP contribution in [0.25, 0.3) is 21.9 Å². The second kappa shape index (κ2) is 10.7. The molecular formula is C23H30Cl2N2O3. The Kier molecular flexibility index (Phi) is 8.23. The van der Waals surface area contributed by atoms with Gasteiger partial charge in [-0.3, -0.25) is 0 Å². The molecule has 2 heterocycles. The number of unbranched alkanes of at least 4 members (excludes halogenated alkanes) is 1. The van der Waals surface area contributed by atoms with E-state index < -0.39 is 0 Å². The Bertz CT molecular complexity index is 1050. The molecule has 0 unspecified atom stereocenters. The van der Waals surface area contributed by atoms with E-state index in [1.165, 1.54) is 6.07 Å². The molecule has 0 atom stereocenters. The summed E-state index contributed by atoms with van der Waals surface area (Å²) in [4.78, 5) is 14.1. The van der Waals surface area contributed by atoms with E-state index in [4.69, 9.17) is 32.0 Å². The van der Waals surface area contributed by atoms with Crippen LogP contribution in [0.3, 0.4) is 0 Å². The highest BCUT2D eigenvalue weighted by molar-refractivity contribution is 6.18. The van der Waals surface area contributed by atoms with E-state index in [0.717, 1.165) is 77.8 Å². The van der Waals surface area contributed by atoms with Gasteiger partial charge in [0.1, 0.15) is 16.9 Å². The van der Waals surface area contributed by atoms with Crippen LogP contribution in [0.4, 0.5) is 0 Å². The normalized spacial score (nSPS) is 11.9. The first-order valence-electron chi connectivity index (χ1n) is 10.5. The van der Waals surface area contributed by atoms with Gasteiger partial charge in [-0.05, 0) is 63.9 Å². The van der Waals surface area contributed by atoms with Gasteiger partial charge in [0.25, 0.3) is 0 Å². The minimum Gasteiger partial charge on any atom is -0.459 e. The van der Waals surface area contributed by atoms with Crippen LogP contribution in [0.5, 0.6) is 0 Å². The minimum absolute atomic E-state index is 0.330. The number of hydrogen-bond acceptors (Lipinski definition) is 5. The summed E-state index contributed by atoms with van der Waals surface area (Å²) in [5.74, 6) is 2.20. The molecule has 0 aliphatic carbocycles. The summed E-state index contributed by atoms with van der Waals surface area (Å²) in [5.41, 5.74) is 3.99. The molecule has 0 saturated heterocycles. The van der Waals surface area contributed by atoms with Crippen LogP contribution in [0.2, 0.25) is 0 Å². The first-order chi connectivity index (χ1) is 14.5. The van der Waals surface area contributed by atoms with Gasteiger partial charge in [0, 0.05) is 47.3 Å². The summed E-state index contributed by atoms with van der Waals surface area (Å²) in [6, 6.07) is 3.60. The van der Waals surface area contributed by atoms with Crippen LogP contribution in [0.1, 0.15) is 35.3 Å². The third-order valence-corrected chi connectivity index (χ3v) is 5.97. The fourth-order valence-electron chi connectivity index (χ4n) is 3.88. The first-order valence-corrected chi connectivity index (χ1v) is 11.5. The Balaban J connectivity index is 1.64. The van der Waals surface area contributed by atoms with Gasteiger partial charge in [0.15, 0.2) is 0 Å². The van der Waals surface area contributed by atoms with E-state index in [-0.39, 0.29) is 5.63 Å². The van der Waals surface area contributed by atoms with Gasteiger partial charge in [-0.1, -0.05) is 0 Å². The largest absolute Gasteiger partial charge is 0.459 e. The van der Waals surface area contributed by atoms with Gasteiger partial charge in [-0.15, -0.1) is 23.2 Å². The zero-order chi connectivity index (χ0) is 21.7. The molecule has 30 heavy (non-hydrogen) atoms. The molecule has 5 nitrogen and oxygen atoms in total. The van der Waals surface area contributed by atoms with Crippen molar-refractivity contribution < 1.29 is 8.83 Å². The van der Waals surface area contributed by atoms with Crippen molar-refractivity contribution in [2.75, 3.05) is 37.9 Å². The number of nitrogens with zero attached hydrogens (tertiary/aromatic N) is 1. The summed E-state index contributed by atoms with van der Waals surface area (Å²) in [6.07, 6.45) is 2.18. The molecule has 0 bridgehead atoms. The quantitative estimate of drug-likeness (QED) is 0.248. The molecule has 3 aromatic rings. The maximum Gasteiger partial charge on any atom is 0.336 e. The molecule has 0 aliphatic heterocycles. The number of halogens is 2. The van der Waals surface area contributed by atoms with Crippen LogP contribution in [-0.2, 0) is 6.54 Å². The summed E-state index contributed by atoms with van der Waals surface area (Å²) in [5, 5.41) is 5.52. The lowest BCUT2D eigenvalue weighted by molar-refractivity contribution is 0.299.